The van der Waals surface area contributed by atoms with Crippen molar-refractivity contribution in [3.05, 3.63) is 36.4 Å². The zero-order valence-corrected chi connectivity index (χ0v) is 31.5. The first-order chi connectivity index (χ1) is 23.2. The van der Waals surface area contributed by atoms with Crippen molar-refractivity contribution < 1.29 is 25.6 Å². The minimum absolute atomic E-state index is 0. The fourth-order valence-electron chi connectivity index (χ4n) is 7.40. The number of benzene rings is 1. The Labute approximate surface area is 291 Å². The highest BCUT2D eigenvalue weighted by Gasteiger charge is 2.48. The molecule has 2 N–H and O–H groups in total. The van der Waals surface area contributed by atoms with Crippen molar-refractivity contribution in [3.63, 3.8) is 0 Å². The number of amides is 1. The lowest BCUT2D eigenvalue weighted by Crippen LogP contribution is -2.45. The molecule has 1 aromatic heterocycles. The molecule has 4 aliphatic rings. The Hall–Kier alpha value is -3.36. The summed E-state index contributed by atoms with van der Waals surface area (Å²) in [5.41, 5.74) is 2.82. The third kappa shape index (κ3) is 10.8. The van der Waals surface area contributed by atoms with Gasteiger partial charge in [0.1, 0.15) is 11.4 Å². The van der Waals surface area contributed by atoms with Crippen LogP contribution in [-0.4, -0.2) is 65.0 Å². The second kappa shape index (κ2) is 20.2. The molecular weight excluding hydrogens is 604 g/mol. The molecule has 3 aliphatic carbocycles. The molecule has 48 heavy (non-hydrogen) atoms. The first kappa shape index (κ1) is 40.8. The van der Waals surface area contributed by atoms with Gasteiger partial charge in [-0.05, 0) is 93.7 Å². The third-order valence-corrected chi connectivity index (χ3v) is 9.85. The predicted octanol–water partition coefficient (Wildman–Crippen LogP) is 8.72. The number of fused-ring (bicyclic) bond motifs is 2. The average Bonchev–Trinajstić information content (AvgIpc) is 4.00. The lowest BCUT2D eigenvalue weighted by atomic mass is 9.95. The molecule has 1 saturated heterocycles. The maximum absolute atomic E-state index is 11.8. The molecule has 3 saturated carbocycles. The van der Waals surface area contributed by atoms with Crippen molar-refractivity contribution in [2.75, 3.05) is 27.3 Å². The molecule has 1 amide bonds. The van der Waals surface area contributed by atoms with E-state index in [4.69, 9.17) is 24.5 Å². The van der Waals surface area contributed by atoms with Crippen LogP contribution in [0.1, 0.15) is 120 Å². The van der Waals surface area contributed by atoms with E-state index < -0.39 is 0 Å². The van der Waals surface area contributed by atoms with E-state index in [9.17, 15) is 9.59 Å². The fraction of sp³-hybridized carbons (Fsp3) is 0.692. The molecule has 1 aliphatic heterocycles. The maximum Gasteiger partial charge on any atom is 0.242 e. The van der Waals surface area contributed by atoms with Gasteiger partial charge in [0, 0.05) is 20.0 Å². The molecule has 0 bridgehead atoms. The normalized spacial score (nSPS) is 25.6. The molecule has 2 heterocycles. The van der Waals surface area contributed by atoms with Crippen LogP contribution >= 0.6 is 0 Å². The zero-order valence-electron chi connectivity index (χ0n) is 31.5. The van der Waals surface area contributed by atoms with E-state index in [1.54, 1.807) is 19.1 Å². The Morgan fingerprint density at radius 1 is 0.979 bits per heavy atom. The van der Waals surface area contributed by atoms with Crippen LogP contribution < -0.4 is 14.8 Å². The lowest BCUT2D eigenvalue weighted by molar-refractivity contribution is -0.136. The summed E-state index contributed by atoms with van der Waals surface area (Å²) in [5, 5.41) is 11.3. The van der Waals surface area contributed by atoms with Gasteiger partial charge in [-0.15, -0.1) is 0 Å². The van der Waals surface area contributed by atoms with Gasteiger partial charge in [0.05, 0.1) is 37.8 Å². The second-order valence-corrected chi connectivity index (χ2v) is 12.7. The quantitative estimate of drug-likeness (QED) is 0.228. The van der Waals surface area contributed by atoms with Gasteiger partial charge >= 0.3 is 0 Å². The standard InChI is InChI=1S/C22H28N2O2.C11H18N2O3.3C2H6.H2/c1-25-16-8-9-19-20(12-16)24-22(26-2)21(23-19)18-11-14(18)5-3-4-13-6-7-15-10-17(13)15;1-7-4-5-13(11(7)8(2)14)10(16)6-12-9(3)15;3*1-2;/h8-9,12-15,17-18H,3-7,10-11H2,1-2H3;7,11-12,15H,3-6H2,1-2H3;3*1-2H3;1H/t;7-,11+;;;;/m.1..../s1. The molecule has 4 fully saturated rings. The number of carbonyl (C=O) groups excluding carboxylic acids is 2. The van der Waals surface area contributed by atoms with Crippen LogP contribution in [0.4, 0.5) is 0 Å². The van der Waals surface area contributed by atoms with E-state index in [2.05, 4.69) is 11.9 Å². The smallest absolute Gasteiger partial charge is 0.242 e. The Balaban J connectivity index is 0.000000454. The molecule has 2 aromatic rings. The number of Topliss-reactive ketones (excluding diaryl/α,β-unsaturated/α-hetero) is 1. The van der Waals surface area contributed by atoms with Crippen molar-refractivity contribution in [1.82, 2.24) is 20.2 Å². The van der Waals surface area contributed by atoms with E-state index in [0.717, 1.165) is 52.6 Å². The fourth-order valence-corrected chi connectivity index (χ4v) is 7.40. The minimum Gasteiger partial charge on any atom is -0.497 e. The van der Waals surface area contributed by atoms with Crippen molar-refractivity contribution in [3.8, 4) is 11.6 Å². The number of hydrogen-bond acceptors (Lipinski definition) is 8. The van der Waals surface area contributed by atoms with E-state index >= 15 is 0 Å². The summed E-state index contributed by atoms with van der Waals surface area (Å²) >= 11 is 0. The molecule has 0 spiro atoms. The molecule has 9 nitrogen and oxygen atoms in total. The first-order valence-corrected chi connectivity index (χ1v) is 18.5. The van der Waals surface area contributed by atoms with E-state index in [-0.39, 0.29) is 37.5 Å². The largest absolute Gasteiger partial charge is 0.497 e. The highest BCUT2D eigenvalue weighted by Crippen LogP contribution is 2.57. The zero-order chi connectivity index (χ0) is 36.0. The van der Waals surface area contributed by atoms with Crippen molar-refractivity contribution in [1.29, 1.82) is 0 Å². The van der Waals surface area contributed by atoms with Crippen LogP contribution in [0, 0.1) is 29.6 Å². The molecule has 7 atom stereocenters. The first-order valence-electron chi connectivity index (χ1n) is 18.5. The van der Waals surface area contributed by atoms with Gasteiger partial charge in [0.25, 0.3) is 0 Å². The number of carbonyl (C=O) groups is 2. The third-order valence-electron chi connectivity index (χ3n) is 9.85. The number of ether oxygens (including phenoxy) is 2. The number of ketones is 1. The summed E-state index contributed by atoms with van der Waals surface area (Å²) < 4.78 is 10.9. The van der Waals surface area contributed by atoms with Crippen LogP contribution in [-0.2, 0) is 9.59 Å². The van der Waals surface area contributed by atoms with Crippen molar-refractivity contribution in [2.45, 2.75) is 119 Å². The summed E-state index contributed by atoms with van der Waals surface area (Å²) in [6, 6.07) is 5.55. The van der Waals surface area contributed by atoms with E-state index in [0.29, 0.717) is 18.3 Å². The Morgan fingerprint density at radius 3 is 2.23 bits per heavy atom. The number of likely N-dealkylation sites (tertiary alicyclic amines) is 1. The number of nitrogens with zero attached hydrogens (tertiary/aromatic N) is 3. The van der Waals surface area contributed by atoms with Crippen molar-refractivity contribution >= 4 is 22.7 Å². The highest BCUT2D eigenvalue weighted by atomic mass is 16.5. The predicted molar refractivity (Wildman–Crippen MR) is 198 cm³/mol. The van der Waals surface area contributed by atoms with Gasteiger partial charge in [-0.2, -0.15) is 0 Å². The SMILES string of the molecule is C=C(O)NCC(=O)N1CC[C@@H](C)[C@H]1C(C)=O.CC.CC.CC.COc1ccc2nc(C3CC3CCCC3CCC4CC34)c(OC)nc2c1.[HH]. The molecule has 0 radical (unpaired) electrons. The van der Waals surface area contributed by atoms with Gasteiger partial charge in [-0.3, -0.25) is 9.59 Å². The average molecular weight is 671 g/mol. The molecule has 272 valence electrons. The van der Waals surface area contributed by atoms with E-state index in [1.165, 1.54) is 51.9 Å². The van der Waals surface area contributed by atoms with Crippen LogP contribution in [0.15, 0.2) is 30.7 Å². The van der Waals surface area contributed by atoms with Gasteiger partial charge in [0.2, 0.25) is 11.8 Å². The van der Waals surface area contributed by atoms with Gasteiger partial charge in [-0.25, -0.2) is 9.97 Å². The number of hydrogen-bond donors (Lipinski definition) is 2. The highest BCUT2D eigenvalue weighted by molar-refractivity contribution is 5.89. The maximum atomic E-state index is 11.8. The molecular formula is C39H66N4O5. The van der Waals surface area contributed by atoms with Crippen LogP contribution in [0.25, 0.3) is 11.0 Å². The van der Waals surface area contributed by atoms with Crippen molar-refractivity contribution in [2.24, 2.45) is 29.6 Å². The summed E-state index contributed by atoms with van der Waals surface area (Å²) in [5.74, 6) is 5.86. The molecule has 1 aromatic carbocycles. The number of rotatable bonds is 11. The summed E-state index contributed by atoms with van der Waals surface area (Å²) in [4.78, 5) is 34.4. The summed E-state index contributed by atoms with van der Waals surface area (Å²) in [6.45, 7) is 19.3. The van der Waals surface area contributed by atoms with Crippen LogP contribution in [0.3, 0.4) is 0 Å². The van der Waals surface area contributed by atoms with Gasteiger partial charge < -0.3 is 24.8 Å². The number of nitrogens with one attached hydrogen (secondary N) is 1. The summed E-state index contributed by atoms with van der Waals surface area (Å²) in [6.07, 6.45) is 10.8. The molecule has 5 unspecified atom stereocenters. The van der Waals surface area contributed by atoms with Gasteiger partial charge in [-0.1, -0.05) is 61.3 Å². The van der Waals surface area contributed by atoms with Crippen LogP contribution in [0.5, 0.6) is 11.6 Å². The second-order valence-electron chi connectivity index (χ2n) is 12.7. The number of aliphatic hydroxyl groups is 1. The molecule has 9 heteroatoms. The number of methoxy groups -OCH3 is 2. The Kier molecular flexibility index (Phi) is 17.2. The van der Waals surface area contributed by atoms with Crippen LogP contribution in [0.2, 0.25) is 0 Å². The Morgan fingerprint density at radius 2 is 1.67 bits per heavy atom. The topological polar surface area (TPSA) is 114 Å². The monoisotopic (exact) mass is 671 g/mol. The molecule has 6 rings (SSSR count). The van der Waals surface area contributed by atoms with Gasteiger partial charge in [0.15, 0.2) is 11.7 Å². The Bertz CT molecular complexity index is 1320. The number of aromatic nitrogens is 2. The summed E-state index contributed by atoms with van der Waals surface area (Å²) in [7, 11) is 3.37. The number of aliphatic hydroxyl groups excluding tert-OH is 1. The van der Waals surface area contributed by atoms with E-state index in [1.807, 2.05) is 66.7 Å². The lowest BCUT2D eigenvalue weighted by Gasteiger charge is -2.24. The minimum atomic E-state index is -0.318.